The molecule has 1 aromatic heterocycles. The van der Waals surface area contributed by atoms with Gasteiger partial charge in [0.05, 0.1) is 5.92 Å². The van der Waals surface area contributed by atoms with Crippen molar-refractivity contribution in [1.82, 2.24) is 4.98 Å². The van der Waals surface area contributed by atoms with Crippen LogP contribution in [0.2, 0.25) is 0 Å². The number of ether oxygens (including phenoxy) is 1. The Labute approximate surface area is 139 Å². The van der Waals surface area contributed by atoms with Crippen molar-refractivity contribution in [3.05, 3.63) is 57.8 Å². The Kier molecular flexibility index (Phi) is 4.55. The molecule has 1 atom stereocenters. The first-order chi connectivity index (χ1) is 11.6. The number of nitrogens with zero attached hydrogens (tertiary/aromatic N) is 2. The molecule has 0 bridgehead atoms. The molecule has 0 aliphatic heterocycles. The van der Waals surface area contributed by atoms with Gasteiger partial charge in [0, 0.05) is 17.5 Å². The summed E-state index contributed by atoms with van der Waals surface area (Å²) < 4.78 is 5.36. The van der Waals surface area contributed by atoms with Gasteiger partial charge in [-0.2, -0.15) is 0 Å². The van der Waals surface area contributed by atoms with Gasteiger partial charge in [-0.1, -0.05) is 6.07 Å². The molecule has 1 aliphatic carbocycles. The summed E-state index contributed by atoms with van der Waals surface area (Å²) in [6.07, 6.45) is 3.52. The van der Waals surface area contributed by atoms with Crippen LogP contribution >= 0.6 is 0 Å². The van der Waals surface area contributed by atoms with E-state index in [2.05, 4.69) is 10.2 Å². The van der Waals surface area contributed by atoms with E-state index < -0.39 is 0 Å². The topological polar surface area (TPSA) is 88.8 Å². The summed E-state index contributed by atoms with van der Waals surface area (Å²) in [5, 5.41) is 12.5. The number of carbonyl (C=O) groups is 1. The van der Waals surface area contributed by atoms with Crippen LogP contribution in [-0.2, 0) is 29.0 Å². The molecular formula is C18H18N2O4. The van der Waals surface area contributed by atoms with Crippen molar-refractivity contribution in [3.63, 3.8) is 0 Å². The van der Waals surface area contributed by atoms with Gasteiger partial charge in [0.2, 0.25) is 0 Å². The SMILES string of the molecule is Cc1cc(N=O)c(COC(=O)C2CCc3cc(O)ccc3C2)cn1. The van der Waals surface area contributed by atoms with Crippen LogP contribution in [0.4, 0.5) is 5.69 Å². The second-order valence-corrected chi connectivity index (χ2v) is 6.05. The number of pyridine rings is 1. The van der Waals surface area contributed by atoms with Crippen molar-refractivity contribution < 1.29 is 14.6 Å². The third-order valence-electron chi connectivity index (χ3n) is 4.32. The normalized spacial score (nSPS) is 16.3. The van der Waals surface area contributed by atoms with E-state index in [1.807, 2.05) is 6.07 Å². The molecule has 6 nitrogen and oxygen atoms in total. The number of nitroso groups, excluding NO2 is 1. The highest BCUT2D eigenvalue weighted by Crippen LogP contribution is 2.29. The maximum absolute atomic E-state index is 12.3. The quantitative estimate of drug-likeness (QED) is 0.687. The summed E-state index contributed by atoms with van der Waals surface area (Å²) in [6.45, 7) is 1.76. The Morgan fingerprint density at radius 1 is 1.38 bits per heavy atom. The van der Waals surface area contributed by atoms with E-state index in [9.17, 15) is 14.8 Å². The van der Waals surface area contributed by atoms with Gasteiger partial charge in [-0.15, -0.1) is 4.91 Å². The molecule has 0 amide bonds. The molecular weight excluding hydrogens is 308 g/mol. The fourth-order valence-electron chi connectivity index (χ4n) is 2.98. The van der Waals surface area contributed by atoms with Crippen molar-refractivity contribution >= 4 is 11.7 Å². The van der Waals surface area contributed by atoms with Crippen molar-refractivity contribution in [2.24, 2.45) is 11.1 Å². The summed E-state index contributed by atoms with van der Waals surface area (Å²) >= 11 is 0. The summed E-state index contributed by atoms with van der Waals surface area (Å²) in [4.78, 5) is 27.3. The summed E-state index contributed by atoms with van der Waals surface area (Å²) in [6, 6.07) is 6.80. The van der Waals surface area contributed by atoms with Gasteiger partial charge in [0.25, 0.3) is 0 Å². The zero-order valence-electron chi connectivity index (χ0n) is 13.4. The number of phenols is 1. The predicted octanol–water partition coefficient (Wildman–Crippen LogP) is 3.34. The number of fused-ring (bicyclic) bond motifs is 1. The van der Waals surface area contributed by atoms with Crippen molar-refractivity contribution in [1.29, 1.82) is 0 Å². The zero-order chi connectivity index (χ0) is 17.1. The number of esters is 1. The molecule has 24 heavy (non-hydrogen) atoms. The molecule has 1 aromatic carbocycles. The van der Waals surface area contributed by atoms with E-state index in [4.69, 9.17) is 4.74 Å². The van der Waals surface area contributed by atoms with E-state index in [-0.39, 0.29) is 29.9 Å². The van der Waals surface area contributed by atoms with Crippen LogP contribution in [0.15, 0.2) is 35.6 Å². The van der Waals surface area contributed by atoms with E-state index >= 15 is 0 Å². The van der Waals surface area contributed by atoms with E-state index in [1.165, 1.54) is 6.20 Å². The minimum Gasteiger partial charge on any atom is -0.508 e. The Balaban J connectivity index is 1.64. The second kappa shape index (κ2) is 6.78. The lowest BCUT2D eigenvalue weighted by Crippen LogP contribution is -2.24. The molecule has 6 heteroatoms. The molecule has 0 spiro atoms. The molecule has 0 saturated heterocycles. The maximum Gasteiger partial charge on any atom is 0.309 e. The Bertz CT molecular complexity index is 789. The highest BCUT2D eigenvalue weighted by Gasteiger charge is 2.26. The average molecular weight is 326 g/mol. The lowest BCUT2D eigenvalue weighted by atomic mass is 9.84. The number of carbonyl (C=O) groups excluding carboxylic acids is 1. The fourth-order valence-corrected chi connectivity index (χ4v) is 2.98. The van der Waals surface area contributed by atoms with Gasteiger partial charge in [-0.3, -0.25) is 9.78 Å². The van der Waals surface area contributed by atoms with Crippen LogP contribution in [-0.4, -0.2) is 16.1 Å². The largest absolute Gasteiger partial charge is 0.508 e. The smallest absolute Gasteiger partial charge is 0.309 e. The number of rotatable bonds is 4. The number of aromatic nitrogens is 1. The molecule has 3 rings (SSSR count). The lowest BCUT2D eigenvalue weighted by Gasteiger charge is -2.23. The molecule has 0 fully saturated rings. The van der Waals surface area contributed by atoms with Gasteiger partial charge in [0.15, 0.2) is 0 Å². The summed E-state index contributed by atoms with van der Waals surface area (Å²) in [5.74, 6) is -0.255. The summed E-state index contributed by atoms with van der Waals surface area (Å²) in [7, 11) is 0. The van der Waals surface area contributed by atoms with Crippen LogP contribution < -0.4 is 0 Å². The monoisotopic (exact) mass is 326 g/mol. The van der Waals surface area contributed by atoms with Crippen molar-refractivity contribution in [2.45, 2.75) is 32.8 Å². The average Bonchev–Trinajstić information content (AvgIpc) is 2.59. The molecule has 1 unspecified atom stereocenters. The van der Waals surface area contributed by atoms with Crippen molar-refractivity contribution in [2.75, 3.05) is 0 Å². The number of aryl methyl sites for hydroxylation is 2. The highest BCUT2D eigenvalue weighted by atomic mass is 16.5. The van der Waals surface area contributed by atoms with Gasteiger partial charge in [0.1, 0.15) is 18.0 Å². The van der Waals surface area contributed by atoms with Crippen LogP contribution in [0.5, 0.6) is 5.75 Å². The molecule has 1 heterocycles. The second-order valence-electron chi connectivity index (χ2n) is 6.05. The predicted molar refractivity (Wildman–Crippen MR) is 87.8 cm³/mol. The number of aromatic hydroxyl groups is 1. The maximum atomic E-state index is 12.3. The van der Waals surface area contributed by atoms with E-state index in [0.717, 1.165) is 17.5 Å². The van der Waals surface area contributed by atoms with Crippen LogP contribution in [0.3, 0.4) is 0 Å². The van der Waals surface area contributed by atoms with Crippen LogP contribution in [0, 0.1) is 17.7 Å². The van der Waals surface area contributed by atoms with Crippen molar-refractivity contribution in [3.8, 4) is 5.75 Å². The van der Waals surface area contributed by atoms with Gasteiger partial charge < -0.3 is 9.84 Å². The van der Waals surface area contributed by atoms with E-state index in [0.29, 0.717) is 24.1 Å². The minimum atomic E-state index is -0.286. The highest BCUT2D eigenvalue weighted by molar-refractivity contribution is 5.73. The molecule has 0 saturated carbocycles. The zero-order valence-corrected chi connectivity index (χ0v) is 13.4. The van der Waals surface area contributed by atoms with Crippen LogP contribution in [0.25, 0.3) is 0 Å². The molecule has 1 aliphatic rings. The van der Waals surface area contributed by atoms with Gasteiger partial charge in [-0.05, 0) is 60.7 Å². The number of phenolic OH excluding ortho intramolecular Hbond substituents is 1. The Hall–Kier alpha value is -2.76. The molecule has 2 aromatic rings. The standard InChI is InChI=1S/C18H18N2O4/c1-11-6-17(20-23)15(9-19-11)10-24-18(22)14-3-2-13-8-16(21)5-4-12(13)7-14/h4-6,8-9,14,21H,2-3,7,10H2,1H3. The minimum absolute atomic E-state index is 0.00782. The van der Waals surface area contributed by atoms with Crippen LogP contribution in [0.1, 0.15) is 28.8 Å². The fraction of sp³-hybridized carbons (Fsp3) is 0.333. The molecule has 1 N–H and O–H groups in total. The number of benzene rings is 1. The number of hydrogen-bond acceptors (Lipinski definition) is 6. The first-order valence-corrected chi connectivity index (χ1v) is 7.83. The molecule has 0 radical (unpaired) electrons. The molecule has 124 valence electrons. The Morgan fingerprint density at radius 3 is 3.00 bits per heavy atom. The Morgan fingerprint density at radius 2 is 2.21 bits per heavy atom. The van der Waals surface area contributed by atoms with Gasteiger partial charge in [-0.25, -0.2) is 0 Å². The lowest BCUT2D eigenvalue weighted by molar-refractivity contribution is -0.150. The van der Waals surface area contributed by atoms with Gasteiger partial charge >= 0.3 is 5.97 Å². The third-order valence-corrected chi connectivity index (χ3v) is 4.32. The third kappa shape index (κ3) is 3.42. The number of hydrogen-bond donors (Lipinski definition) is 1. The first-order valence-electron chi connectivity index (χ1n) is 7.83. The first kappa shape index (κ1) is 16.1. The van der Waals surface area contributed by atoms with E-state index in [1.54, 1.807) is 25.1 Å². The summed E-state index contributed by atoms with van der Waals surface area (Å²) in [5.41, 5.74) is 3.58.